The van der Waals surface area contributed by atoms with Gasteiger partial charge in [-0.25, -0.2) is 0 Å². The third kappa shape index (κ3) is 3.66. The smallest absolute Gasteiger partial charge is 0.146 e. The van der Waals surface area contributed by atoms with Crippen LogP contribution in [-0.2, 0) is 20.1 Å². The molecule has 1 saturated heterocycles. The summed E-state index contributed by atoms with van der Waals surface area (Å²) in [5, 5.41) is 9.19. The van der Waals surface area contributed by atoms with Gasteiger partial charge in [-0.15, -0.1) is 10.2 Å². The van der Waals surface area contributed by atoms with E-state index in [1.54, 1.807) is 0 Å². The van der Waals surface area contributed by atoms with Crippen LogP contribution in [0.25, 0.3) is 0 Å². The Labute approximate surface area is 136 Å². The molecular weight excluding hydrogens is 298 g/mol. The van der Waals surface area contributed by atoms with Gasteiger partial charge in [-0.05, 0) is 24.6 Å². The zero-order chi connectivity index (χ0) is 15.5. The summed E-state index contributed by atoms with van der Waals surface area (Å²) in [6.07, 6.45) is 0. The predicted octanol–water partition coefficient (Wildman–Crippen LogP) is 2.09. The van der Waals surface area contributed by atoms with Crippen LogP contribution in [0.2, 0.25) is 5.02 Å². The average molecular weight is 320 g/mol. The first-order chi connectivity index (χ1) is 10.6. The van der Waals surface area contributed by atoms with E-state index in [1.807, 2.05) is 26.1 Å². The Morgan fingerprint density at radius 1 is 1.05 bits per heavy atom. The van der Waals surface area contributed by atoms with Crippen LogP contribution in [0, 0.1) is 6.92 Å². The number of aryl methyl sites for hydroxylation is 1. The molecule has 1 aromatic carbocycles. The Kier molecular flexibility index (Phi) is 4.76. The van der Waals surface area contributed by atoms with Gasteiger partial charge in [0.25, 0.3) is 0 Å². The maximum absolute atomic E-state index is 6.05. The molecule has 0 spiro atoms. The van der Waals surface area contributed by atoms with Crippen molar-refractivity contribution in [1.29, 1.82) is 0 Å². The molecule has 1 aromatic heterocycles. The van der Waals surface area contributed by atoms with Crippen molar-refractivity contribution < 1.29 is 0 Å². The molecule has 0 bridgehead atoms. The van der Waals surface area contributed by atoms with Crippen LogP contribution in [-0.4, -0.2) is 50.7 Å². The highest BCUT2D eigenvalue weighted by Crippen LogP contribution is 2.14. The van der Waals surface area contributed by atoms with Crippen molar-refractivity contribution in [2.75, 3.05) is 26.2 Å². The lowest BCUT2D eigenvalue weighted by atomic mass is 10.2. The predicted molar refractivity (Wildman–Crippen MR) is 87.7 cm³/mol. The van der Waals surface area contributed by atoms with Crippen LogP contribution in [0.15, 0.2) is 24.3 Å². The second kappa shape index (κ2) is 6.77. The highest BCUT2D eigenvalue weighted by molar-refractivity contribution is 6.30. The van der Waals surface area contributed by atoms with Crippen LogP contribution in [0.5, 0.6) is 0 Å². The van der Waals surface area contributed by atoms with Crippen molar-refractivity contribution in [3.05, 3.63) is 46.5 Å². The van der Waals surface area contributed by atoms with E-state index in [-0.39, 0.29) is 0 Å². The monoisotopic (exact) mass is 319 g/mol. The van der Waals surface area contributed by atoms with Crippen LogP contribution < -0.4 is 0 Å². The maximum atomic E-state index is 6.05. The van der Waals surface area contributed by atoms with Crippen molar-refractivity contribution in [3.8, 4) is 0 Å². The van der Waals surface area contributed by atoms with E-state index < -0.39 is 0 Å². The lowest BCUT2D eigenvalue weighted by Crippen LogP contribution is -2.45. The molecule has 0 N–H and O–H groups in total. The third-order valence-electron chi connectivity index (χ3n) is 4.31. The van der Waals surface area contributed by atoms with Crippen molar-refractivity contribution >= 4 is 11.6 Å². The summed E-state index contributed by atoms with van der Waals surface area (Å²) < 4.78 is 2.07. The van der Waals surface area contributed by atoms with Gasteiger partial charge in [0.1, 0.15) is 11.6 Å². The Hall–Kier alpha value is -1.43. The van der Waals surface area contributed by atoms with Crippen LogP contribution in [0.3, 0.4) is 0 Å². The summed E-state index contributed by atoms with van der Waals surface area (Å²) in [7, 11) is 2.03. The van der Waals surface area contributed by atoms with Crippen LogP contribution >= 0.6 is 11.6 Å². The molecule has 2 aromatic rings. The van der Waals surface area contributed by atoms with Gasteiger partial charge < -0.3 is 4.57 Å². The lowest BCUT2D eigenvalue weighted by molar-refractivity contribution is 0.119. The number of hydrogen-bond acceptors (Lipinski definition) is 4. The fraction of sp³-hybridized carbons (Fsp3) is 0.500. The minimum absolute atomic E-state index is 0.814. The molecule has 0 atom stereocenters. The van der Waals surface area contributed by atoms with E-state index in [4.69, 9.17) is 11.6 Å². The summed E-state index contributed by atoms with van der Waals surface area (Å²) in [4.78, 5) is 4.92. The fourth-order valence-electron chi connectivity index (χ4n) is 2.79. The molecule has 0 radical (unpaired) electrons. The zero-order valence-corrected chi connectivity index (χ0v) is 13.9. The minimum Gasteiger partial charge on any atom is -0.317 e. The number of piperazine rings is 1. The molecule has 22 heavy (non-hydrogen) atoms. The highest BCUT2D eigenvalue weighted by Gasteiger charge is 2.19. The molecule has 6 heteroatoms. The number of aromatic nitrogens is 3. The quantitative estimate of drug-likeness (QED) is 0.865. The maximum Gasteiger partial charge on any atom is 0.146 e. The van der Waals surface area contributed by atoms with Crippen molar-refractivity contribution in [2.45, 2.75) is 20.0 Å². The lowest BCUT2D eigenvalue weighted by Gasteiger charge is -2.34. The van der Waals surface area contributed by atoms with Gasteiger partial charge in [0.15, 0.2) is 0 Å². The second-order valence-electron chi connectivity index (χ2n) is 5.90. The molecule has 0 saturated carbocycles. The molecular formula is C16H22ClN5. The van der Waals surface area contributed by atoms with Crippen molar-refractivity contribution in [2.24, 2.45) is 7.05 Å². The van der Waals surface area contributed by atoms with E-state index in [0.29, 0.717) is 0 Å². The van der Waals surface area contributed by atoms with E-state index >= 15 is 0 Å². The van der Waals surface area contributed by atoms with E-state index in [9.17, 15) is 0 Å². The third-order valence-corrected chi connectivity index (χ3v) is 4.54. The summed E-state index contributed by atoms with van der Waals surface area (Å²) in [6, 6.07) is 8.13. The van der Waals surface area contributed by atoms with Gasteiger partial charge in [-0.3, -0.25) is 9.80 Å². The normalized spacial score (nSPS) is 17.0. The highest BCUT2D eigenvalue weighted by atomic mass is 35.5. The number of rotatable bonds is 4. The largest absolute Gasteiger partial charge is 0.317 e. The summed E-state index contributed by atoms with van der Waals surface area (Å²) in [5.74, 6) is 2.01. The van der Waals surface area contributed by atoms with Gasteiger partial charge in [0, 0.05) is 44.8 Å². The molecule has 0 amide bonds. The molecule has 1 aliphatic heterocycles. The van der Waals surface area contributed by atoms with Gasteiger partial charge in [-0.2, -0.15) is 0 Å². The topological polar surface area (TPSA) is 37.2 Å². The minimum atomic E-state index is 0.814. The Balaban J connectivity index is 1.51. The van der Waals surface area contributed by atoms with E-state index in [2.05, 4.69) is 36.7 Å². The first kappa shape index (κ1) is 15.5. The second-order valence-corrected chi connectivity index (χ2v) is 6.34. The Morgan fingerprint density at radius 3 is 2.32 bits per heavy atom. The van der Waals surface area contributed by atoms with Crippen LogP contribution in [0.1, 0.15) is 17.2 Å². The molecule has 0 aliphatic carbocycles. The van der Waals surface area contributed by atoms with Crippen LogP contribution in [0.4, 0.5) is 0 Å². The van der Waals surface area contributed by atoms with E-state index in [0.717, 1.165) is 55.9 Å². The molecule has 1 aliphatic rings. The van der Waals surface area contributed by atoms with Gasteiger partial charge >= 0.3 is 0 Å². The number of benzene rings is 1. The average Bonchev–Trinajstić information content (AvgIpc) is 2.81. The Morgan fingerprint density at radius 2 is 1.73 bits per heavy atom. The van der Waals surface area contributed by atoms with Gasteiger partial charge in [0.2, 0.25) is 0 Å². The molecule has 118 valence electrons. The SMILES string of the molecule is Cc1nnc(CN2CCN(Cc3cccc(Cl)c3)CC2)n1C. The standard InChI is InChI=1S/C16H22ClN5/c1-13-18-19-16(20(13)2)12-22-8-6-21(7-9-22)11-14-4-3-5-15(17)10-14/h3-5,10H,6-9,11-12H2,1-2H3. The van der Waals surface area contributed by atoms with E-state index in [1.165, 1.54) is 5.56 Å². The molecule has 1 fully saturated rings. The summed E-state index contributed by atoms with van der Waals surface area (Å²) in [6.45, 7) is 8.10. The summed E-state index contributed by atoms with van der Waals surface area (Å²) in [5.41, 5.74) is 1.28. The molecule has 2 heterocycles. The first-order valence-electron chi connectivity index (χ1n) is 7.66. The first-order valence-corrected chi connectivity index (χ1v) is 8.03. The zero-order valence-electron chi connectivity index (χ0n) is 13.2. The Bertz CT molecular complexity index is 631. The number of halogens is 1. The van der Waals surface area contributed by atoms with Crippen molar-refractivity contribution in [3.63, 3.8) is 0 Å². The number of nitrogens with zero attached hydrogens (tertiary/aromatic N) is 5. The molecule has 5 nitrogen and oxygen atoms in total. The fourth-order valence-corrected chi connectivity index (χ4v) is 3.00. The number of hydrogen-bond donors (Lipinski definition) is 0. The molecule has 3 rings (SSSR count). The summed E-state index contributed by atoms with van der Waals surface area (Å²) >= 11 is 6.05. The van der Waals surface area contributed by atoms with Gasteiger partial charge in [-0.1, -0.05) is 23.7 Å². The van der Waals surface area contributed by atoms with Crippen molar-refractivity contribution in [1.82, 2.24) is 24.6 Å². The molecule has 0 unspecified atom stereocenters. The van der Waals surface area contributed by atoms with Gasteiger partial charge in [0.05, 0.1) is 6.54 Å².